The van der Waals surface area contributed by atoms with Crippen LogP contribution in [0.1, 0.15) is 5.56 Å². The molecule has 1 saturated heterocycles. The summed E-state index contributed by atoms with van der Waals surface area (Å²) in [6.07, 6.45) is -0.337. The third-order valence-corrected chi connectivity index (χ3v) is 4.17. The van der Waals surface area contributed by atoms with Gasteiger partial charge in [-0.2, -0.15) is 0 Å². The molecule has 1 aliphatic heterocycles. The van der Waals surface area contributed by atoms with Crippen LogP contribution in [0.2, 0.25) is 0 Å². The number of nitrogens with zero attached hydrogens (tertiary/aromatic N) is 1. The molecule has 2 rings (SSSR count). The van der Waals surface area contributed by atoms with Crippen LogP contribution in [0.15, 0.2) is 15.2 Å². The predicted octanol–water partition coefficient (Wildman–Crippen LogP) is 1.88. The fourth-order valence-corrected chi connectivity index (χ4v) is 2.95. The van der Waals surface area contributed by atoms with Gasteiger partial charge in [0, 0.05) is 26.7 Å². The summed E-state index contributed by atoms with van der Waals surface area (Å²) in [6, 6.07) is 2.04. The van der Waals surface area contributed by atoms with Gasteiger partial charge in [-0.3, -0.25) is 4.79 Å². The van der Waals surface area contributed by atoms with Gasteiger partial charge in [0.2, 0.25) is 0 Å². The van der Waals surface area contributed by atoms with Crippen molar-refractivity contribution in [3.8, 4) is 0 Å². The molecule has 7 heteroatoms. The van der Waals surface area contributed by atoms with E-state index < -0.39 is 0 Å². The number of carbonyl (C=O) groups is 1. The molecule has 102 valence electrons. The van der Waals surface area contributed by atoms with Crippen LogP contribution in [-0.4, -0.2) is 43.7 Å². The Labute approximate surface area is 125 Å². The molecule has 18 heavy (non-hydrogen) atoms. The molecule has 1 fully saturated rings. The normalized spacial score (nSPS) is 19.1. The second-order valence-corrected chi connectivity index (χ2v) is 6.31. The van der Waals surface area contributed by atoms with Crippen molar-refractivity contribution < 1.29 is 9.53 Å². The zero-order valence-electron chi connectivity index (χ0n) is 10.0. The molecule has 0 saturated carbocycles. The molecule has 0 bridgehead atoms. The molecule has 0 spiro atoms. The summed E-state index contributed by atoms with van der Waals surface area (Å²) >= 11 is 5.04. The molecule has 1 aromatic heterocycles. The lowest BCUT2D eigenvalue weighted by Gasteiger charge is -2.27. The topological polar surface area (TPSA) is 41.6 Å². The van der Waals surface area contributed by atoms with E-state index in [-0.39, 0.29) is 24.4 Å². The van der Waals surface area contributed by atoms with Gasteiger partial charge in [0.15, 0.2) is 0 Å². The molecule has 1 unspecified atom stereocenters. The highest BCUT2D eigenvalue weighted by molar-refractivity contribution is 9.11. The van der Waals surface area contributed by atoms with Crippen molar-refractivity contribution in [3.05, 3.63) is 20.8 Å². The third-order valence-electron chi connectivity index (χ3n) is 2.62. The van der Waals surface area contributed by atoms with Crippen molar-refractivity contribution in [2.75, 3.05) is 26.7 Å². The third kappa shape index (κ3) is 4.20. The van der Waals surface area contributed by atoms with Crippen molar-refractivity contribution in [1.82, 2.24) is 10.2 Å². The van der Waals surface area contributed by atoms with Gasteiger partial charge in [0.05, 0.1) is 10.4 Å². The minimum atomic E-state index is -0.337. The highest BCUT2D eigenvalue weighted by Gasteiger charge is 2.24. The lowest BCUT2D eigenvalue weighted by Crippen LogP contribution is -2.48. The SMILES string of the molecule is CN(Cc1csc(Br)c1)C(=O)C1CNCCO1.Cl. The molecule has 1 atom stereocenters. The molecule has 1 amide bonds. The van der Waals surface area contributed by atoms with E-state index in [0.29, 0.717) is 19.7 Å². The van der Waals surface area contributed by atoms with Gasteiger partial charge in [-0.05, 0) is 32.9 Å². The molecular weight excluding hydrogens is 340 g/mol. The van der Waals surface area contributed by atoms with Gasteiger partial charge >= 0.3 is 0 Å². The van der Waals surface area contributed by atoms with E-state index in [4.69, 9.17) is 4.74 Å². The minimum absolute atomic E-state index is 0. The number of rotatable bonds is 3. The number of ether oxygens (including phenoxy) is 1. The first-order valence-electron chi connectivity index (χ1n) is 5.47. The van der Waals surface area contributed by atoms with E-state index in [2.05, 4.69) is 21.2 Å². The predicted molar refractivity (Wildman–Crippen MR) is 78.4 cm³/mol. The second-order valence-electron chi connectivity index (χ2n) is 4.02. The fourth-order valence-electron chi connectivity index (χ4n) is 1.75. The number of halogens is 2. The Kier molecular flexibility index (Phi) is 6.59. The average molecular weight is 356 g/mol. The molecule has 1 aromatic rings. The maximum atomic E-state index is 12.1. The minimum Gasteiger partial charge on any atom is -0.366 e. The molecule has 2 heterocycles. The summed E-state index contributed by atoms with van der Waals surface area (Å²) in [5, 5.41) is 5.21. The van der Waals surface area contributed by atoms with Crippen LogP contribution in [0.3, 0.4) is 0 Å². The Morgan fingerprint density at radius 3 is 3.06 bits per heavy atom. The number of carbonyl (C=O) groups excluding carboxylic acids is 1. The summed E-state index contributed by atoms with van der Waals surface area (Å²) in [5.41, 5.74) is 1.14. The highest BCUT2D eigenvalue weighted by atomic mass is 79.9. The van der Waals surface area contributed by atoms with Crippen molar-refractivity contribution in [3.63, 3.8) is 0 Å². The van der Waals surface area contributed by atoms with E-state index in [0.717, 1.165) is 15.9 Å². The Balaban J connectivity index is 0.00000162. The second kappa shape index (κ2) is 7.45. The van der Waals surface area contributed by atoms with Crippen molar-refractivity contribution in [1.29, 1.82) is 0 Å². The Morgan fingerprint density at radius 1 is 1.72 bits per heavy atom. The molecule has 1 N–H and O–H groups in total. The standard InChI is InChI=1S/C11H15BrN2O2S.ClH/c1-14(6-8-4-10(12)17-7-8)11(15)9-5-13-2-3-16-9;/h4,7,9,13H,2-3,5-6H2,1H3;1H. The molecule has 1 aliphatic rings. The summed E-state index contributed by atoms with van der Waals surface area (Å²) in [5.74, 6) is 0.0412. The Morgan fingerprint density at radius 2 is 2.50 bits per heavy atom. The van der Waals surface area contributed by atoms with Crippen LogP contribution in [0.25, 0.3) is 0 Å². The van der Waals surface area contributed by atoms with E-state index >= 15 is 0 Å². The summed E-state index contributed by atoms with van der Waals surface area (Å²) in [4.78, 5) is 13.8. The first kappa shape index (κ1) is 15.9. The largest absolute Gasteiger partial charge is 0.366 e. The van der Waals surface area contributed by atoms with Crippen LogP contribution in [-0.2, 0) is 16.1 Å². The zero-order chi connectivity index (χ0) is 12.3. The Hall–Kier alpha value is -0.140. The van der Waals surface area contributed by atoms with E-state index in [1.807, 2.05) is 18.5 Å². The van der Waals surface area contributed by atoms with Crippen LogP contribution in [0.4, 0.5) is 0 Å². The van der Waals surface area contributed by atoms with E-state index in [1.165, 1.54) is 0 Å². The van der Waals surface area contributed by atoms with Crippen molar-refractivity contribution >= 4 is 45.6 Å². The average Bonchev–Trinajstić information content (AvgIpc) is 2.75. The smallest absolute Gasteiger partial charge is 0.253 e. The fraction of sp³-hybridized carbons (Fsp3) is 0.545. The lowest BCUT2D eigenvalue weighted by molar-refractivity contribution is -0.144. The van der Waals surface area contributed by atoms with Gasteiger partial charge in [-0.15, -0.1) is 23.7 Å². The van der Waals surface area contributed by atoms with Crippen LogP contribution in [0, 0.1) is 0 Å². The number of hydrogen-bond acceptors (Lipinski definition) is 4. The molecule has 0 aromatic carbocycles. The zero-order valence-corrected chi connectivity index (χ0v) is 13.2. The number of amides is 1. The summed E-state index contributed by atoms with van der Waals surface area (Å²) in [6.45, 7) is 2.66. The van der Waals surface area contributed by atoms with E-state index in [1.54, 1.807) is 16.2 Å². The van der Waals surface area contributed by atoms with Gasteiger partial charge in [0.25, 0.3) is 5.91 Å². The lowest BCUT2D eigenvalue weighted by atomic mass is 10.2. The number of nitrogens with one attached hydrogen (secondary N) is 1. The number of morpholine rings is 1. The van der Waals surface area contributed by atoms with Gasteiger partial charge in [-0.25, -0.2) is 0 Å². The maximum Gasteiger partial charge on any atom is 0.253 e. The Bertz CT molecular complexity index is 396. The van der Waals surface area contributed by atoms with Crippen LogP contribution >= 0.6 is 39.7 Å². The first-order valence-corrected chi connectivity index (χ1v) is 7.14. The van der Waals surface area contributed by atoms with Crippen molar-refractivity contribution in [2.45, 2.75) is 12.6 Å². The summed E-state index contributed by atoms with van der Waals surface area (Å²) < 4.78 is 6.53. The monoisotopic (exact) mass is 354 g/mol. The number of hydrogen-bond donors (Lipinski definition) is 1. The molecule has 4 nitrogen and oxygen atoms in total. The summed E-state index contributed by atoms with van der Waals surface area (Å²) in [7, 11) is 1.81. The van der Waals surface area contributed by atoms with Gasteiger partial charge in [0.1, 0.15) is 6.10 Å². The molecule has 0 aliphatic carbocycles. The quantitative estimate of drug-likeness (QED) is 0.900. The first-order chi connectivity index (χ1) is 8.16. The van der Waals surface area contributed by atoms with Gasteiger partial charge in [-0.1, -0.05) is 0 Å². The maximum absolute atomic E-state index is 12.1. The van der Waals surface area contributed by atoms with Crippen molar-refractivity contribution in [2.24, 2.45) is 0 Å². The molecule has 0 radical (unpaired) electrons. The van der Waals surface area contributed by atoms with Crippen LogP contribution < -0.4 is 5.32 Å². The van der Waals surface area contributed by atoms with E-state index in [9.17, 15) is 4.79 Å². The van der Waals surface area contributed by atoms with Crippen LogP contribution in [0.5, 0.6) is 0 Å². The number of thiophene rings is 1. The molecular formula is C11H16BrClN2O2S. The highest BCUT2D eigenvalue weighted by Crippen LogP contribution is 2.21. The van der Waals surface area contributed by atoms with Gasteiger partial charge < -0.3 is 15.0 Å². The number of likely N-dealkylation sites (N-methyl/N-ethyl adjacent to an activating group) is 1.